The first kappa shape index (κ1) is 38.0. The van der Waals surface area contributed by atoms with E-state index in [-0.39, 0.29) is 0 Å². The van der Waals surface area contributed by atoms with Crippen LogP contribution in [0.3, 0.4) is 0 Å². The van der Waals surface area contributed by atoms with E-state index in [9.17, 15) is 5.26 Å². The Hall–Kier alpha value is -7.22. The number of rotatable bonds is 11. The van der Waals surface area contributed by atoms with Crippen molar-refractivity contribution in [2.24, 2.45) is 4.99 Å². The molecule has 0 aliphatic heterocycles. The molecule has 1 aromatic heterocycles. The van der Waals surface area contributed by atoms with E-state index in [2.05, 4.69) is 93.0 Å². The summed E-state index contributed by atoms with van der Waals surface area (Å²) in [7, 11) is 0. The van der Waals surface area contributed by atoms with Gasteiger partial charge in [-0.15, -0.1) is 0 Å². The van der Waals surface area contributed by atoms with Gasteiger partial charge in [-0.2, -0.15) is 5.26 Å². The van der Waals surface area contributed by atoms with Gasteiger partial charge in [-0.3, -0.25) is 4.99 Å². The summed E-state index contributed by atoms with van der Waals surface area (Å²) in [4.78, 5) is 14.9. The lowest BCUT2D eigenvalue weighted by molar-refractivity contribution is 1.17. The topological polar surface area (TPSA) is 61.9 Å². The summed E-state index contributed by atoms with van der Waals surface area (Å²) < 4.78 is 0. The van der Waals surface area contributed by atoms with Crippen molar-refractivity contribution in [3.8, 4) is 39.7 Å². The van der Waals surface area contributed by atoms with E-state index < -0.39 is 0 Å². The second-order valence-corrected chi connectivity index (χ2v) is 12.1. The molecular formula is C50H42N4. The number of benzene rings is 5. The molecule has 0 amide bonds. The number of nitrogens with zero attached hydrogens (tertiary/aromatic N) is 4. The van der Waals surface area contributed by atoms with E-state index in [4.69, 9.17) is 15.0 Å². The summed E-state index contributed by atoms with van der Waals surface area (Å²) in [5.41, 5.74) is 11.3. The molecule has 1 heterocycles. The summed E-state index contributed by atoms with van der Waals surface area (Å²) in [6, 6.07) is 40.9. The zero-order valence-electron chi connectivity index (χ0n) is 30.8. The maximum absolute atomic E-state index is 9.43. The summed E-state index contributed by atoms with van der Waals surface area (Å²) in [5, 5.41) is 11.4. The fourth-order valence-electron chi connectivity index (χ4n) is 5.85. The third-order valence-corrected chi connectivity index (χ3v) is 8.58. The van der Waals surface area contributed by atoms with Crippen LogP contribution in [0.1, 0.15) is 41.9 Å². The lowest BCUT2D eigenvalue weighted by Gasteiger charge is -2.14. The van der Waals surface area contributed by atoms with Gasteiger partial charge in [-0.25, -0.2) is 9.97 Å². The molecule has 262 valence electrons. The molecule has 5 aromatic carbocycles. The average Bonchev–Trinajstić information content (AvgIpc) is 3.23. The second-order valence-electron chi connectivity index (χ2n) is 12.1. The highest BCUT2D eigenvalue weighted by atomic mass is 14.8. The van der Waals surface area contributed by atoms with Crippen LogP contribution in [0.15, 0.2) is 189 Å². The van der Waals surface area contributed by atoms with Gasteiger partial charge in [-0.1, -0.05) is 166 Å². The van der Waals surface area contributed by atoms with Crippen LogP contribution < -0.4 is 0 Å². The fourth-order valence-corrected chi connectivity index (χ4v) is 5.85. The summed E-state index contributed by atoms with van der Waals surface area (Å²) in [5.74, 6) is 0. The Labute approximate surface area is 319 Å². The number of aliphatic imine (C=N–C) groups is 1. The van der Waals surface area contributed by atoms with Crippen molar-refractivity contribution in [1.29, 1.82) is 5.26 Å². The fraction of sp³-hybridized carbons (Fsp3) is 0.0400. The molecule has 6 rings (SSSR count). The molecule has 0 aliphatic carbocycles. The predicted molar refractivity (Wildman–Crippen MR) is 232 cm³/mol. The van der Waals surface area contributed by atoms with Gasteiger partial charge in [0.1, 0.15) is 0 Å². The molecule has 4 heteroatoms. The molecule has 0 spiro atoms. The monoisotopic (exact) mass is 698 g/mol. The van der Waals surface area contributed by atoms with E-state index in [0.717, 1.165) is 66.9 Å². The standard InChI is InChI=1S/C43H32N4.C7H10/c1-5-12-41(45-29(4)31-13-9-8-10-14-31)34-22-18-32(19-23-34)33-20-24-35(25-21-33)42-43(47-40(7-3)39(6-2)46-42)38-16-11-15-36-27-30(28-44)17-26-37(36)38;1-3-5-7-6-4-2/h5-27H,1-3H2,4H3;3-7H,1H2,2H3/b41-12-,45-29?;6-4-,7-5-. The van der Waals surface area contributed by atoms with Gasteiger partial charge in [0.25, 0.3) is 0 Å². The molecule has 0 fully saturated rings. The van der Waals surface area contributed by atoms with Crippen molar-refractivity contribution in [3.63, 3.8) is 0 Å². The number of aromatic nitrogens is 2. The Morgan fingerprint density at radius 2 is 1.30 bits per heavy atom. The molecule has 0 unspecified atom stereocenters. The average molecular weight is 699 g/mol. The minimum absolute atomic E-state index is 0.612. The number of fused-ring (bicyclic) bond motifs is 1. The zero-order chi connectivity index (χ0) is 38.3. The van der Waals surface area contributed by atoms with Crippen LogP contribution >= 0.6 is 0 Å². The van der Waals surface area contributed by atoms with E-state index in [1.54, 1.807) is 24.3 Å². The normalized spacial score (nSPS) is 11.5. The van der Waals surface area contributed by atoms with Gasteiger partial charge in [0.15, 0.2) is 0 Å². The van der Waals surface area contributed by atoms with Crippen molar-refractivity contribution in [1.82, 2.24) is 9.97 Å². The molecule has 0 atom stereocenters. The van der Waals surface area contributed by atoms with Crippen molar-refractivity contribution < 1.29 is 0 Å². The Bertz CT molecular complexity index is 2450. The smallest absolute Gasteiger partial charge is 0.0991 e. The summed E-state index contributed by atoms with van der Waals surface area (Å²) in [6.45, 7) is 19.3. The lowest BCUT2D eigenvalue weighted by atomic mass is 9.95. The molecule has 0 bridgehead atoms. The van der Waals surface area contributed by atoms with Crippen molar-refractivity contribution in [2.45, 2.75) is 13.8 Å². The molecule has 0 saturated carbocycles. The van der Waals surface area contributed by atoms with Crippen LogP contribution in [0.2, 0.25) is 0 Å². The van der Waals surface area contributed by atoms with Crippen LogP contribution in [-0.2, 0) is 0 Å². The van der Waals surface area contributed by atoms with Gasteiger partial charge in [-0.05, 0) is 71.7 Å². The van der Waals surface area contributed by atoms with Crippen molar-refractivity contribution in [2.75, 3.05) is 0 Å². The highest BCUT2D eigenvalue weighted by Gasteiger charge is 2.17. The minimum atomic E-state index is 0.612. The summed E-state index contributed by atoms with van der Waals surface area (Å²) in [6.07, 6.45) is 16.6. The first-order chi connectivity index (χ1) is 26.4. The SMILES string of the molecule is C=C/C=C(\N=C(C)c1ccccc1)c1ccc(-c2ccc(-c3nc(C=C)c(C=C)nc3-c3cccc4cc(C#N)ccc34)cc2)cc1.C=C/C=C\C=C/C. The molecule has 0 radical (unpaired) electrons. The third-order valence-electron chi connectivity index (χ3n) is 8.58. The highest BCUT2D eigenvalue weighted by molar-refractivity contribution is 6.02. The van der Waals surface area contributed by atoms with Crippen LogP contribution in [0.4, 0.5) is 0 Å². The number of nitriles is 1. The lowest BCUT2D eigenvalue weighted by Crippen LogP contribution is -2.00. The molecule has 0 aliphatic rings. The predicted octanol–water partition coefficient (Wildman–Crippen LogP) is 13.1. The second kappa shape index (κ2) is 18.9. The van der Waals surface area contributed by atoms with Gasteiger partial charge >= 0.3 is 0 Å². The minimum Gasteiger partial charge on any atom is -0.253 e. The zero-order valence-corrected chi connectivity index (χ0v) is 30.8. The van der Waals surface area contributed by atoms with Crippen molar-refractivity contribution >= 4 is 34.3 Å². The number of hydrogen-bond donors (Lipinski definition) is 0. The van der Waals surface area contributed by atoms with Crippen LogP contribution in [0.25, 0.3) is 62.3 Å². The largest absolute Gasteiger partial charge is 0.253 e. The first-order valence-corrected chi connectivity index (χ1v) is 17.6. The van der Waals surface area contributed by atoms with Crippen LogP contribution in [0, 0.1) is 11.3 Å². The maximum atomic E-state index is 9.43. The van der Waals surface area contributed by atoms with E-state index in [1.807, 2.05) is 98.8 Å². The Kier molecular flexibility index (Phi) is 13.3. The Balaban J connectivity index is 0.000000730. The Morgan fingerprint density at radius 1 is 0.648 bits per heavy atom. The molecule has 0 N–H and O–H groups in total. The van der Waals surface area contributed by atoms with Gasteiger partial charge < -0.3 is 0 Å². The number of allylic oxidation sites excluding steroid dienone is 7. The van der Waals surface area contributed by atoms with E-state index in [1.165, 1.54) is 0 Å². The third kappa shape index (κ3) is 9.16. The molecule has 0 saturated heterocycles. The Morgan fingerprint density at radius 3 is 1.91 bits per heavy atom. The van der Waals surface area contributed by atoms with E-state index >= 15 is 0 Å². The highest BCUT2D eigenvalue weighted by Crippen LogP contribution is 2.36. The van der Waals surface area contributed by atoms with Crippen LogP contribution in [-0.4, -0.2) is 15.7 Å². The maximum Gasteiger partial charge on any atom is 0.0991 e. The van der Waals surface area contributed by atoms with Gasteiger partial charge in [0.05, 0.1) is 40.1 Å². The quantitative estimate of drug-likeness (QED) is 0.0999. The first-order valence-electron chi connectivity index (χ1n) is 17.6. The molecular weight excluding hydrogens is 657 g/mol. The molecule has 54 heavy (non-hydrogen) atoms. The van der Waals surface area contributed by atoms with Gasteiger partial charge in [0.2, 0.25) is 0 Å². The molecule has 4 nitrogen and oxygen atoms in total. The van der Waals surface area contributed by atoms with Crippen molar-refractivity contribution in [3.05, 3.63) is 212 Å². The number of hydrogen-bond acceptors (Lipinski definition) is 4. The van der Waals surface area contributed by atoms with Crippen LogP contribution in [0.5, 0.6) is 0 Å². The van der Waals surface area contributed by atoms with E-state index in [0.29, 0.717) is 17.0 Å². The van der Waals surface area contributed by atoms with Gasteiger partial charge in [0, 0.05) is 22.4 Å². The molecule has 6 aromatic rings. The summed E-state index contributed by atoms with van der Waals surface area (Å²) >= 11 is 0.